The molecule has 0 bridgehead atoms. The van der Waals surface area contributed by atoms with Gasteiger partial charge in [-0.1, -0.05) is 6.08 Å². The molecule has 168 valence electrons. The number of sulfonamides is 1. The standard InChI is InChI=1S/C21H25F2N3O3S2/c1-3-5-6-20(27)26-8-7-18(25-31(28,29)4-2)19(26)12-17-13-30-21(24-17)14-9-15(22)11-16(23)10-14/h3,9-11,13,18-19,25H,1,4-8,12H2,2H3. The molecule has 1 saturated heterocycles. The van der Waals surface area contributed by atoms with Crippen LogP contribution in [-0.4, -0.2) is 48.6 Å². The molecule has 31 heavy (non-hydrogen) atoms. The minimum Gasteiger partial charge on any atom is -0.338 e. The lowest BCUT2D eigenvalue weighted by Crippen LogP contribution is -2.48. The molecule has 2 heterocycles. The minimum atomic E-state index is -3.45. The zero-order chi connectivity index (χ0) is 22.6. The maximum absolute atomic E-state index is 13.6. The molecule has 2 atom stereocenters. The zero-order valence-corrected chi connectivity index (χ0v) is 18.8. The number of thiazole rings is 1. The molecule has 0 spiro atoms. The van der Waals surface area contributed by atoms with Crippen molar-refractivity contribution in [3.63, 3.8) is 0 Å². The normalized spacial score (nSPS) is 19.0. The Kier molecular flexibility index (Phi) is 7.55. The molecule has 1 fully saturated rings. The smallest absolute Gasteiger partial charge is 0.223 e. The van der Waals surface area contributed by atoms with Crippen LogP contribution in [0.4, 0.5) is 8.78 Å². The van der Waals surface area contributed by atoms with Crippen molar-refractivity contribution in [2.24, 2.45) is 0 Å². The third kappa shape index (κ3) is 5.96. The molecule has 0 aliphatic carbocycles. The third-order valence-electron chi connectivity index (χ3n) is 5.22. The average molecular weight is 470 g/mol. The van der Waals surface area contributed by atoms with Crippen LogP contribution in [0.2, 0.25) is 0 Å². The van der Waals surface area contributed by atoms with Gasteiger partial charge < -0.3 is 4.90 Å². The third-order valence-corrected chi connectivity index (χ3v) is 7.58. The molecule has 2 aromatic rings. The van der Waals surface area contributed by atoms with E-state index in [1.54, 1.807) is 23.3 Å². The van der Waals surface area contributed by atoms with Crippen molar-refractivity contribution in [1.29, 1.82) is 0 Å². The van der Waals surface area contributed by atoms with Crippen molar-refractivity contribution in [2.45, 2.75) is 44.7 Å². The van der Waals surface area contributed by atoms with Crippen molar-refractivity contribution in [1.82, 2.24) is 14.6 Å². The Morgan fingerprint density at radius 3 is 2.71 bits per heavy atom. The van der Waals surface area contributed by atoms with Crippen LogP contribution in [0.15, 0.2) is 36.2 Å². The van der Waals surface area contributed by atoms with E-state index in [-0.39, 0.29) is 11.7 Å². The fraction of sp³-hybridized carbons (Fsp3) is 0.429. The Balaban J connectivity index is 1.83. The molecular weight excluding hydrogens is 444 g/mol. The van der Waals surface area contributed by atoms with Crippen LogP contribution in [0, 0.1) is 11.6 Å². The van der Waals surface area contributed by atoms with Crippen molar-refractivity contribution in [3.8, 4) is 10.6 Å². The second kappa shape index (κ2) is 9.97. The van der Waals surface area contributed by atoms with Gasteiger partial charge in [0, 0.05) is 42.4 Å². The van der Waals surface area contributed by atoms with Crippen LogP contribution in [0.3, 0.4) is 0 Å². The van der Waals surface area contributed by atoms with Crippen LogP contribution in [0.1, 0.15) is 31.9 Å². The highest BCUT2D eigenvalue weighted by Gasteiger charge is 2.38. The van der Waals surface area contributed by atoms with Gasteiger partial charge in [0.15, 0.2) is 0 Å². The van der Waals surface area contributed by atoms with E-state index < -0.39 is 33.7 Å². The lowest BCUT2D eigenvalue weighted by molar-refractivity contribution is -0.132. The van der Waals surface area contributed by atoms with Gasteiger partial charge in [0.2, 0.25) is 15.9 Å². The summed E-state index contributed by atoms with van der Waals surface area (Å²) < 4.78 is 54.1. The Labute approximate surface area is 185 Å². The summed E-state index contributed by atoms with van der Waals surface area (Å²) >= 11 is 1.25. The zero-order valence-electron chi connectivity index (χ0n) is 17.2. The van der Waals surface area contributed by atoms with E-state index in [0.717, 1.165) is 6.07 Å². The Morgan fingerprint density at radius 2 is 2.06 bits per heavy atom. The number of aromatic nitrogens is 1. The molecule has 2 unspecified atom stereocenters. The SMILES string of the molecule is C=CCCC(=O)N1CCC(NS(=O)(=O)CC)C1Cc1csc(-c2cc(F)cc(F)c2)n1. The van der Waals surface area contributed by atoms with Crippen LogP contribution >= 0.6 is 11.3 Å². The van der Waals surface area contributed by atoms with E-state index in [4.69, 9.17) is 0 Å². The summed E-state index contributed by atoms with van der Waals surface area (Å²) in [6.07, 6.45) is 3.36. The van der Waals surface area contributed by atoms with Crippen molar-refractivity contribution in [2.75, 3.05) is 12.3 Å². The van der Waals surface area contributed by atoms with Gasteiger partial charge in [-0.05, 0) is 31.9 Å². The summed E-state index contributed by atoms with van der Waals surface area (Å²) in [4.78, 5) is 18.9. The number of benzene rings is 1. The highest BCUT2D eigenvalue weighted by molar-refractivity contribution is 7.89. The Morgan fingerprint density at radius 1 is 1.35 bits per heavy atom. The lowest BCUT2D eigenvalue weighted by atomic mass is 10.0. The Hall–Kier alpha value is -2.17. The van der Waals surface area contributed by atoms with Crippen molar-refractivity contribution >= 4 is 27.3 Å². The number of nitrogens with one attached hydrogen (secondary N) is 1. The quantitative estimate of drug-likeness (QED) is 0.570. The van der Waals surface area contributed by atoms with Crippen LogP contribution < -0.4 is 4.72 Å². The van der Waals surface area contributed by atoms with Gasteiger partial charge in [-0.3, -0.25) is 4.79 Å². The number of carbonyl (C=O) groups is 1. The summed E-state index contributed by atoms with van der Waals surface area (Å²) in [5.74, 6) is -1.48. The van der Waals surface area contributed by atoms with Gasteiger partial charge in [-0.25, -0.2) is 26.9 Å². The summed E-state index contributed by atoms with van der Waals surface area (Å²) in [7, 11) is -3.45. The number of nitrogens with zero attached hydrogens (tertiary/aromatic N) is 2. The molecule has 3 rings (SSSR count). The second-order valence-electron chi connectivity index (χ2n) is 7.40. The molecule has 1 aromatic carbocycles. The number of halogens is 2. The predicted octanol–water partition coefficient (Wildman–Crippen LogP) is 3.51. The molecule has 0 radical (unpaired) electrons. The fourth-order valence-electron chi connectivity index (χ4n) is 3.66. The largest absolute Gasteiger partial charge is 0.338 e. The summed E-state index contributed by atoms with van der Waals surface area (Å²) in [6, 6.07) is 2.41. The molecule has 10 heteroatoms. The van der Waals surface area contributed by atoms with Gasteiger partial charge in [0.25, 0.3) is 0 Å². The highest BCUT2D eigenvalue weighted by Crippen LogP contribution is 2.29. The number of rotatable bonds is 9. The van der Waals surface area contributed by atoms with Crippen molar-refractivity contribution < 1.29 is 22.0 Å². The van der Waals surface area contributed by atoms with Crippen molar-refractivity contribution in [3.05, 3.63) is 53.6 Å². The van der Waals surface area contributed by atoms with Crippen LogP contribution in [0.25, 0.3) is 10.6 Å². The van der Waals surface area contributed by atoms with Crippen LogP contribution in [-0.2, 0) is 21.2 Å². The first kappa shape index (κ1) is 23.5. The van der Waals surface area contributed by atoms with Gasteiger partial charge in [0.05, 0.1) is 17.5 Å². The number of amides is 1. The highest BCUT2D eigenvalue weighted by atomic mass is 32.2. The molecule has 1 amide bonds. The lowest BCUT2D eigenvalue weighted by Gasteiger charge is -2.28. The van der Waals surface area contributed by atoms with Crippen LogP contribution in [0.5, 0.6) is 0 Å². The number of carbonyl (C=O) groups excluding carboxylic acids is 1. The molecule has 0 saturated carbocycles. The minimum absolute atomic E-state index is 0.0490. The van der Waals surface area contributed by atoms with Gasteiger partial charge in [-0.15, -0.1) is 17.9 Å². The van der Waals surface area contributed by atoms with E-state index in [1.807, 2.05) is 0 Å². The Bertz CT molecular complexity index is 1040. The van der Waals surface area contributed by atoms with E-state index >= 15 is 0 Å². The second-order valence-corrected chi connectivity index (χ2v) is 10.3. The van der Waals surface area contributed by atoms with E-state index in [2.05, 4.69) is 16.3 Å². The summed E-state index contributed by atoms with van der Waals surface area (Å²) in [5, 5.41) is 2.23. The topological polar surface area (TPSA) is 79.4 Å². The first-order valence-corrected chi connectivity index (χ1v) is 12.6. The molecule has 1 aliphatic rings. The first-order chi connectivity index (χ1) is 14.7. The van der Waals surface area contributed by atoms with E-state index in [0.29, 0.717) is 48.5 Å². The number of hydrogen-bond acceptors (Lipinski definition) is 5. The number of likely N-dealkylation sites (tertiary alicyclic amines) is 1. The van der Waals surface area contributed by atoms with Gasteiger partial charge >= 0.3 is 0 Å². The molecule has 1 aliphatic heterocycles. The van der Waals surface area contributed by atoms with E-state index in [1.165, 1.54) is 23.5 Å². The van der Waals surface area contributed by atoms with Gasteiger partial charge in [0.1, 0.15) is 16.6 Å². The predicted molar refractivity (Wildman–Crippen MR) is 117 cm³/mol. The van der Waals surface area contributed by atoms with Gasteiger partial charge in [-0.2, -0.15) is 0 Å². The first-order valence-electron chi connectivity index (χ1n) is 10.0. The molecule has 6 nitrogen and oxygen atoms in total. The monoisotopic (exact) mass is 469 g/mol. The maximum Gasteiger partial charge on any atom is 0.223 e. The summed E-state index contributed by atoms with van der Waals surface area (Å²) in [5.41, 5.74) is 0.973. The maximum atomic E-state index is 13.6. The van der Waals surface area contributed by atoms with E-state index in [9.17, 15) is 22.0 Å². The molecule has 1 N–H and O–H groups in total. The molecule has 1 aromatic heterocycles. The fourth-order valence-corrected chi connectivity index (χ4v) is 5.38. The number of hydrogen-bond donors (Lipinski definition) is 1. The number of allylic oxidation sites excluding steroid dienone is 1. The molecular formula is C21H25F2N3O3S2. The average Bonchev–Trinajstić information content (AvgIpc) is 3.33. The summed E-state index contributed by atoms with van der Waals surface area (Å²) in [6.45, 7) is 5.65.